The van der Waals surface area contributed by atoms with Gasteiger partial charge in [0.05, 0.1) is 12.8 Å². The molecule has 0 unspecified atom stereocenters. The van der Waals surface area contributed by atoms with Gasteiger partial charge in [-0.05, 0) is 23.9 Å². The minimum absolute atomic E-state index is 0.127. The average molecular weight is 267 g/mol. The number of carboxylic acid groups (broad SMARTS) is 1. The lowest BCUT2D eigenvalue weighted by molar-refractivity contribution is -0.0329. The Bertz CT molecular complexity index is 380. The highest BCUT2D eigenvalue weighted by Gasteiger charge is 2.27. The van der Waals surface area contributed by atoms with Gasteiger partial charge in [0.2, 0.25) is 0 Å². The molecular formula is C9H8F3NO3S. The molecule has 1 aromatic rings. The van der Waals surface area contributed by atoms with E-state index in [9.17, 15) is 18.0 Å². The second-order valence-electron chi connectivity index (χ2n) is 2.83. The Labute approximate surface area is 98.8 Å². The van der Waals surface area contributed by atoms with Crippen molar-refractivity contribution >= 4 is 17.7 Å². The Morgan fingerprint density at radius 2 is 2.18 bits per heavy atom. The van der Waals surface area contributed by atoms with E-state index in [1.54, 1.807) is 0 Å². The summed E-state index contributed by atoms with van der Waals surface area (Å²) in [5.41, 5.74) is -4.42. The van der Waals surface area contributed by atoms with Crippen LogP contribution in [0.5, 0.6) is 5.75 Å². The molecule has 0 fully saturated rings. The summed E-state index contributed by atoms with van der Waals surface area (Å²) < 4.78 is 40.2. The number of ether oxygens (including phenoxy) is 1. The topological polar surface area (TPSA) is 59.4 Å². The van der Waals surface area contributed by atoms with Gasteiger partial charge in [0.25, 0.3) is 0 Å². The number of thioether (sulfide) groups is 1. The van der Waals surface area contributed by atoms with Gasteiger partial charge in [0.1, 0.15) is 11.4 Å². The van der Waals surface area contributed by atoms with Crippen molar-refractivity contribution < 1.29 is 27.8 Å². The zero-order valence-electron chi connectivity index (χ0n) is 8.40. The fraction of sp³-hybridized carbons (Fsp3) is 0.333. The Hall–Kier alpha value is -1.44. The van der Waals surface area contributed by atoms with Crippen LogP contribution in [-0.4, -0.2) is 33.9 Å². The summed E-state index contributed by atoms with van der Waals surface area (Å²) in [5.74, 6) is -1.17. The second kappa shape index (κ2) is 5.76. The number of halogens is 3. The van der Waals surface area contributed by atoms with E-state index in [0.717, 1.165) is 6.20 Å². The molecule has 0 spiro atoms. The van der Waals surface area contributed by atoms with Crippen molar-refractivity contribution in [2.24, 2.45) is 0 Å². The van der Waals surface area contributed by atoms with E-state index in [-0.39, 0.29) is 35.6 Å². The fourth-order valence-corrected chi connectivity index (χ4v) is 1.31. The third-order valence-corrected chi connectivity index (χ3v) is 2.27. The summed E-state index contributed by atoms with van der Waals surface area (Å²) >= 11 is -0.179. The van der Waals surface area contributed by atoms with Crippen LogP contribution in [0.15, 0.2) is 18.3 Å². The Balaban J connectivity index is 2.35. The Kier molecular flexibility index (Phi) is 4.62. The Morgan fingerprint density at radius 3 is 2.65 bits per heavy atom. The maximum absolute atomic E-state index is 11.8. The van der Waals surface area contributed by atoms with Crippen molar-refractivity contribution in [3.63, 3.8) is 0 Å². The highest BCUT2D eigenvalue weighted by molar-refractivity contribution is 8.00. The summed E-state index contributed by atoms with van der Waals surface area (Å²) in [6.45, 7) is -0.127. The largest absolute Gasteiger partial charge is 0.491 e. The molecule has 1 N–H and O–H groups in total. The SMILES string of the molecule is O=C(O)c1ccc(OCCSC(F)(F)F)cn1. The molecule has 0 radical (unpaired) electrons. The molecule has 0 aliphatic rings. The summed E-state index contributed by atoms with van der Waals surface area (Å²) in [6, 6.07) is 2.56. The van der Waals surface area contributed by atoms with Crippen LogP contribution in [0.4, 0.5) is 13.2 Å². The van der Waals surface area contributed by atoms with Gasteiger partial charge in [-0.2, -0.15) is 13.2 Å². The van der Waals surface area contributed by atoms with Crippen LogP contribution in [0.1, 0.15) is 10.5 Å². The molecule has 4 nitrogen and oxygen atoms in total. The van der Waals surface area contributed by atoms with Gasteiger partial charge in [-0.3, -0.25) is 0 Å². The van der Waals surface area contributed by atoms with Gasteiger partial charge >= 0.3 is 11.5 Å². The number of aromatic carboxylic acids is 1. The monoisotopic (exact) mass is 267 g/mol. The predicted molar refractivity (Wildman–Crippen MR) is 55.2 cm³/mol. The van der Waals surface area contributed by atoms with Gasteiger partial charge in [0, 0.05) is 5.75 Å². The van der Waals surface area contributed by atoms with Crippen LogP contribution < -0.4 is 4.74 Å². The van der Waals surface area contributed by atoms with E-state index in [2.05, 4.69) is 4.98 Å². The minimum Gasteiger partial charge on any atom is -0.491 e. The number of pyridine rings is 1. The molecule has 1 heterocycles. The van der Waals surface area contributed by atoms with Crippen molar-refractivity contribution in [2.45, 2.75) is 5.51 Å². The first-order chi connectivity index (χ1) is 7.88. The van der Waals surface area contributed by atoms with E-state index in [1.807, 2.05) is 0 Å². The van der Waals surface area contributed by atoms with E-state index >= 15 is 0 Å². The van der Waals surface area contributed by atoms with E-state index in [4.69, 9.17) is 9.84 Å². The number of nitrogens with zero attached hydrogens (tertiary/aromatic N) is 1. The Morgan fingerprint density at radius 1 is 1.47 bits per heavy atom. The lowest BCUT2D eigenvalue weighted by Gasteiger charge is -2.07. The number of alkyl halides is 3. The standard InChI is InChI=1S/C9H8F3NO3S/c10-9(11,12)17-4-3-16-6-1-2-7(8(14)15)13-5-6/h1-2,5H,3-4H2,(H,14,15). The molecule has 0 saturated carbocycles. The van der Waals surface area contributed by atoms with E-state index in [1.165, 1.54) is 12.1 Å². The van der Waals surface area contributed by atoms with Gasteiger partial charge in [-0.1, -0.05) is 0 Å². The van der Waals surface area contributed by atoms with Gasteiger partial charge in [-0.25, -0.2) is 9.78 Å². The third-order valence-electron chi connectivity index (χ3n) is 1.57. The maximum Gasteiger partial charge on any atom is 0.441 e. The summed E-state index contributed by atoms with van der Waals surface area (Å²) in [6.07, 6.45) is 1.15. The number of hydrogen-bond donors (Lipinski definition) is 1. The molecule has 1 rings (SSSR count). The summed E-state index contributed by atoms with van der Waals surface area (Å²) in [4.78, 5) is 14.0. The van der Waals surface area contributed by atoms with Crippen LogP contribution >= 0.6 is 11.8 Å². The molecule has 0 aliphatic heterocycles. The molecule has 0 amide bonds. The smallest absolute Gasteiger partial charge is 0.441 e. The first kappa shape index (κ1) is 13.6. The van der Waals surface area contributed by atoms with Crippen molar-refractivity contribution in [3.8, 4) is 5.75 Å². The number of carboxylic acids is 1. The third kappa shape index (κ3) is 5.43. The van der Waals surface area contributed by atoms with Crippen molar-refractivity contribution in [1.29, 1.82) is 0 Å². The van der Waals surface area contributed by atoms with Gasteiger partial charge < -0.3 is 9.84 Å². The van der Waals surface area contributed by atoms with E-state index < -0.39 is 11.5 Å². The minimum atomic E-state index is -4.27. The molecule has 17 heavy (non-hydrogen) atoms. The quantitative estimate of drug-likeness (QED) is 0.830. The highest BCUT2D eigenvalue weighted by atomic mass is 32.2. The molecule has 94 valence electrons. The van der Waals surface area contributed by atoms with Crippen LogP contribution in [0, 0.1) is 0 Å². The number of rotatable bonds is 5. The number of hydrogen-bond acceptors (Lipinski definition) is 4. The zero-order valence-corrected chi connectivity index (χ0v) is 9.22. The van der Waals surface area contributed by atoms with E-state index in [0.29, 0.717) is 0 Å². The summed E-state index contributed by atoms with van der Waals surface area (Å²) in [5, 5.41) is 8.55. The second-order valence-corrected chi connectivity index (χ2v) is 3.99. The average Bonchev–Trinajstić information content (AvgIpc) is 2.24. The van der Waals surface area contributed by atoms with Gasteiger partial charge in [0.15, 0.2) is 0 Å². The molecule has 1 aromatic heterocycles. The fourth-order valence-electron chi connectivity index (χ4n) is 0.909. The molecule has 0 atom stereocenters. The van der Waals surface area contributed by atoms with Gasteiger partial charge in [-0.15, -0.1) is 0 Å². The first-order valence-corrected chi connectivity index (χ1v) is 5.40. The van der Waals surface area contributed by atoms with Crippen LogP contribution in [-0.2, 0) is 0 Å². The lowest BCUT2D eigenvalue weighted by Crippen LogP contribution is -2.08. The van der Waals surface area contributed by atoms with Crippen LogP contribution in [0.2, 0.25) is 0 Å². The zero-order chi connectivity index (χ0) is 12.9. The maximum atomic E-state index is 11.8. The lowest BCUT2D eigenvalue weighted by atomic mass is 10.3. The highest BCUT2D eigenvalue weighted by Crippen LogP contribution is 2.29. The molecule has 0 aliphatic carbocycles. The first-order valence-electron chi connectivity index (χ1n) is 4.41. The van der Waals surface area contributed by atoms with Crippen LogP contribution in [0.3, 0.4) is 0 Å². The summed E-state index contributed by atoms with van der Waals surface area (Å²) in [7, 11) is 0. The predicted octanol–water partition coefficient (Wildman–Crippen LogP) is 2.41. The van der Waals surface area contributed by atoms with Crippen molar-refractivity contribution in [3.05, 3.63) is 24.0 Å². The van der Waals surface area contributed by atoms with Crippen molar-refractivity contribution in [1.82, 2.24) is 4.98 Å². The molecular weight excluding hydrogens is 259 g/mol. The number of aromatic nitrogens is 1. The normalized spacial score (nSPS) is 11.2. The van der Waals surface area contributed by atoms with Crippen LogP contribution in [0.25, 0.3) is 0 Å². The number of carbonyl (C=O) groups is 1. The molecule has 0 bridgehead atoms. The molecule has 0 aromatic carbocycles. The molecule has 8 heteroatoms. The molecule has 0 saturated heterocycles. The van der Waals surface area contributed by atoms with Crippen molar-refractivity contribution in [2.75, 3.05) is 12.4 Å².